The smallest absolute Gasteiger partial charge is 0.137 e. The van der Waals surface area contributed by atoms with Crippen molar-refractivity contribution in [2.45, 2.75) is 13.8 Å². The monoisotopic (exact) mass is 804 g/mol. The first-order chi connectivity index (χ1) is 30.5. The Labute approximate surface area is 353 Å². The predicted octanol–water partition coefficient (Wildman–Crippen LogP) is 15.9. The highest BCUT2D eigenvalue weighted by molar-refractivity contribution is 6.26. The van der Waals surface area contributed by atoms with Crippen LogP contribution in [-0.4, -0.2) is 9.13 Å². The molecule has 4 nitrogen and oxygen atoms in total. The zero-order valence-electron chi connectivity index (χ0n) is 33.6. The second kappa shape index (κ2) is 12.8. The number of aromatic nitrogens is 2. The average molecular weight is 805 g/mol. The SMILES string of the molecule is Cc1c(-c2ccccc2F)c(-n2c3ccccc3c3ccc4oc5ccccc5c4c32)c(-c2ccccc2F)c(C)c1-n1c2ccccc2c2ccc3oc4ccccc4c3c21. The van der Waals surface area contributed by atoms with E-state index < -0.39 is 0 Å². The van der Waals surface area contributed by atoms with Crippen molar-refractivity contribution in [1.82, 2.24) is 9.13 Å². The normalized spacial score (nSPS) is 12.2. The van der Waals surface area contributed by atoms with Crippen LogP contribution < -0.4 is 0 Å². The van der Waals surface area contributed by atoms with Crippen molar-refractivity contribution in [1.29, 1.82) is 0 Å². The molecule has 4 heterocycles. The average Bonchev–Trinajstić information content (AvgIpc) is 4.05. The number of halogens is 2. The summed E-state index contributed by atoms with van der Waals surface area (Å²) >= 11 is 0. The molecule has 13 aromatic rings. The molecule has 0 aliphatic heterocycles. The van der Waals surface area contributed by atoms with Crippen molar-refractivity contribution in [2.75, 3.05) is 0 Å². The summed E-state index contributed by atoms with van der Waals surface area (Å²) in [5.41, 5.74) is 12.1. The predicted molar refractivity (Wildman–Crippen MR) is 250 cm³/mol. The maximum atomic E-state index is 17.0. The van der Waals surface area contributed by atoms with Crippen LogP contribution in [0.4, 0.5) is 8.78 Å². The van der Waals surface area contributed by atoms with Crippen LogP contribution in [0.15, 0.2) is 179 Å². The van der Waals surface area contributed by atoms with Crippen LogP contribution in [0.3, 0.4) is 0 Å². The lowest BCUT2D eigenvalue weighted by Gasteiger charge is -2.28. The number of benzene rings is 9. The summed E-state index contributed by atoms with van der Waals surface area (Å²) in [6, 6.07) is 55.1. The van der Waals surface area contributed by atoms with Crippen molar-refractivity contribution >= 4 is 87.5 Å². The summed E-state index contributed by atoms with van der Waals surface area (Å²) in [7, 11) is 0. The minimum Gasteiger partial charge on any atom is -0.456 e. The van der Waals surface area contributed by atoms with Gasteiger partial charge >= 0.3 is 0 Å². The van der Waals surface area contributed by atoms with Crippen LogP contribution in [0.1, 0.15) is 11.1 Å². The molecule has 0 radical (unpaired) electrons. The van der Waals surface area contributed by atoms with Gasteiger partial charge in [-0.1, -0.05) is 109 Å². The van der Waals surface area contributed by atoms with Gasteiger partial charge in [-0.2, -0.15) is 0 Å². The minimum absolute atomic E-state index is 0.378. The van der Waals surface area contributed by atoms with Gasteiger partial charge in [0.05, 0.1) is 44.2 Å². The molecule has 0 atom stereocenters. The van der Waals surface area contributed by atoms with E-state index in [1.807, 2.05) is 78.9 Å². The van der Waals surface area contributed by atoms with Crippen LogP contribution in [0.2, 0.25) is 0 Å². The van der Waals surface area contributed by atoms with Crippen molar-refractivity contribution < 1.29 is 17.6 Å². The minimum atomic E-state index is -0.378. The molecule has 0 amide bonds. The van der Waals surface area contributed by atoms with E-state index >= 15 is 8.78 Å². The number of fused-ring (bicyclic) bond motifs is 14. The van der Waals surface area contributed by atoms with Gasteiger partial charge < -0.3 is 18.0 Å². The summed E-state index contributed by atoms with van der Waals surface area (Å²) in [6.07, 6.45) is 0. The van der Waals surface area contributed by atoms with E-state index in [1.165, 1.54) is 12.1 Å². The molecule has 0 bridgehead atoms. The molecule has 6 heteroatoms. The molecule has 0 fully saturated rings. The molecule has 4 aromatic heterocycles. The lowest BCUT2D eigenvalue weighted by atomic mass is 9.86. The Bertz CT molecular complexity index is 3980. The Balaban J connectivity index is 1.32. The van der Waals surface area contributed by atoms with E-state index in [4.69, 9.17) is 8.83 Å². The van der Waals surface area contributed by atoms with E-state index in [-0.39, 0.29) is 11.6 Å². The molecule has 0 saturated heterocycles. The topological polar surface area (TPSA) is 36.1 Å². The number of nitrogens with zero attached hydrogens (tertiary/aromatic N) is 2. The number of para-hydroxylation sites is 4. The highest BCUT2D eigenvalue weighted by Gasteiger charge is 2.31. The summed E-state index contributed by atoms with van der Waals surface area (Å²) in [5.74, 6) is -0.757. The van der Waals surface area contributed by atoms with Gasteiger partial charge in [-0.15, -0.1) is 0 Å². The standard InChI is InChI=1S/C56H34F2N2O2/c1-31-49(37-17-3-9-21-41(37)57)56(60-44-24-12-6-16-34(44)36-28-30-48-52(55(36)60)40-20-8-14-26-46(40)62-48)50(38-18-4-10-22-42(38)58)32(2)53(31)59-43-23-11-5-15-33(43)35-27-29-47-51(54(35)59)39-19-7-13-25-45(39)61-47/h3-30H,1-2H3. The first kappa shape index (κ1) is 34.9. The second-order valence-corrected chi connectivity index (χ2v) is 16.2. The molecule has 62 heavy (non-hydrogen) atoms. The Morgan fingerprint density at radius 1 is 0.355 bits per heavy atom. The van der Waals surface area contributed by atoms with Crippen LogP contribution >= 0.6 is 0 Å². The zero-order chi connectivity index (χ0) is 41.4. The first-order valence-electron chi connectivity index (χ1n) is 20.8. The summed E-state index contributed by atoms with van der Waals surface area (Å²) in [6.45, 7) is 4.17. The van der Waals surface area contributed by atoms with E-state index in [0.29, 0.717) is 27.9 Å². The molecule has 13 rings (SSSR count). The number of furan rings is 2. The summed E-state index contributed by atoms with van der Waals surface area (Å²) in [4.78, 5) is 0. The molecule has 9 aromatic carbocycles. The third-order valence-electron chi connectivity index (χ3n) is 13.0. The van der Waals surface area contributed by atoms with E-state index in [1.54, 1.807) is 12.1 Å². The quantitative estimate of drug-likeness (QED) is 0.178. The van der Waals surface area contributed by atoms with Crippen molar-refractivity contribution in [2.24, 2.45) is 0 Å². The molecule has 294 valence electrons. The van der Waals surface area contributed by atoms with E-state index in [9.17, 15) is 0 Å². The fraction of sp³-hybridized carbons (Fsp3) is 0.0357. The van der Waals surface area contributed by atoms with Gasteiger partial charge in [0.15, 0.2) is 0 Å². The molecule has 0 aliphatic carbocycles. The van der Waals surface area contributed by atoms with Gasteiger partial charge in [-0.25, -0.2) is 8.78 Å². The number of rotatable bonds is 4. The van der Waals surface area contributed by atoms with Crippen molar-refractivity contribution in [3.63, 3.8) is 0 Å². The highest BCUT2D eigenvalue weighted by atomic mass is 19.1. The van der Waals surface area contributed by atoms with Gasteiger partial charge in [0.2, 0.25) is 0 Å². The lowest BCUT2D eigenvalue weighted by molar-refractivity contribution is 0.630. The summed E-state index contributed by atoms with van der Waals surface area (Å²) in [5, 5.41) is 8.02. The Morgan fingerprint density at radius 3 is 1.21 bits per heavy atom. The Hall–Kier alpha value is -7.96. The molecule has 0 aliphatic rings. The van der Waals surface area contributed by atoms with E-state index in [2.05, 4.69) is 89.7 Å². The number of hydrogen-bond donors (Lipinski definition) is 0. The number of hydrogen-bond acceptors (Lipinski definition) is 2. The molecular formula is C56H34F2N2O2. The maximum absolute atomic E-state index is 17.0. The lowest BCUT2D eigenvalue weighted by Crippen LogP contribution is -2.11. The molecule has 0 spiro atoms. The van der Waals surface area contributed by atoms with Crippen molar-refractivity contribution in [3.05, 3.63) is 193 Å². The van der Waals surface area contributed by atoms with Crippen LogP contribution in [0, 0.1) is 25.5 Å². The maximum Gasteiger partial charge on any atom is 0.137 e. The Kier molecular flexibility index (Phi) is 7.18. The molecule has 0 N–H and O–H groups in total. The van der Waals surface area contributed by atoms with E-state index in [0.717, 1.165) is 104 Å². The first-order valence-corrected chi connectivity index (χ1v) is 20.8. The van der Waals surface area contributed by atoms with Gasteiger partial charge in [0.1, 0.15) is 34.0 Å². The molecule has 0 saturated carbocycles. The third-order valence-corrected chi connectivity index (χ3v) is 13.0. The zero-order valence-corrected chi connectivity index (χ0v) is 33.6. The highest BCUT2D eigenvalue weighted by Crippen LogP contribution is 2.51. The fourth-order valence-corrected chi connectivity index (χ4v) is 10.5. The van der Waals surface area contributed by atoms with Crippen LogP contribution in [0.5, 0.6) is 0 Å². The van der Waals surface area contributed by atoms with Crippen LogP contribution in [0.25, 0.3) is 121 Å². The second-order valence-electron chi connectivity index (χ2n) is 16.2. The Morgan fingerprint density at radius 2 is 0.742 bits per heavy atom. The largest absolute Gasteiger partial charge is 0.456 e. The summed E-state index contributed by atoms with van der Waals surface area (Å²) < 4.78 is 51.7. The third kappa shape index (κ3) is 4.58. The van der Waals surface area contributed by atoms with Gasteiger partial charge in [0, 0.05) is 54.6 Å². The van der Waals surface area contributed by atoms with Gasteiger partial charge in [-0.3, -0.25) is 0 Å². The van der Waals surface area contributed by atoms with Crippen molar-refractivity contribution in [3.8, 4) is 33.6 Å². The molecule has 0 unspecified atom stereocenters. The van der Waals surface area contributed by atoms with Crippen LogP contribution in [-0.2, 0) is 0 Å². The molecular weight excluding hydrogens is 771 g/mol. The fourth-order valence-electron chi connectivity index (χ4n) is 10.5. The van der Waals surface area contributed by atoms with Gasteiger partial charge in [-0.05, 0) is 85.6 Å². The van der Waals surface area contributed by atoms with Gasteiger partial charge in [0.25, 0.3) is 0 Å².